The van der Waals surface area contributed by atoms with Crippen LogP contribution < -0.4 is 5.63 Å². The first-order valence-electron chi connectivity index (χ1n) is 7.49. The molecular formula is C19H16O5. The van der Waals surface area contributed by atoms with Crippen LogP contribution in [-0.4, -0.2) is 22.1 Å². The molecule has 0 aliphatic carbocycles. The van der Waals surface area contributed by atoms with Crippen LogP contribution in [0.15, 0.2) is 63.8 Å². The average Bonchev–Trinajstić information content (AvgIpc) is 2.58. The van der Waals surface area contributed by atoms with Crippen molar-refractivity contribution < 1.29 is 19.4 Å². The van der Waals surface area contributed by atoms with Gasteiger partial charge >= 0.3 is 5.63 Å². The van der Waals surface area contributed by atoms with Gasteiger partial charge in [0.05, 0.1) is 16.9 Å². The number of aliphatic hydroxyl groups excluding tert-OH is 1. The first-order chi connectivity index (χ1) is 11.5. The Bertz CT molecular complexity index is 943. The fraction of sp³-hybridized carbons (Fsp3) is 0.158. The molecule has 2 N–H and O–H groups in total. The minimum atomic E-state index is -1.47. The predicted octanol–water partition coefficient (Wildman–Crippen LogP) is 2.58. The third-order valence-electron chi connectivity index (χ3n) is 4.02. The maximum absolute atomic E-state index is 12.4. The van der Waals surface area contributed by atoms with Gasteiger partial charge in [-0.15, -0.1) is 0 Å². The number of hydrogen-bond acceptors (Lipinski definition) is 5. The molecule has 3 rings (SSSR count). The highest BCUT2D eigenvalue weighted by Gasteiger charge is 2.32. The van der Waals surface area contributed by atoms with E-state index in [0.717, 1.165) is 0 Å². The van der Waals surface area contributed by atoms with Gasteiger partial charge in [-0.2, -0.15) is 0 Å². The van der Waals surface area contributed by atoms with E-state index in [4.69, 9.17) is 4.42 Å². The summed E-state index contributed by atoms with van der Waals surface area (Å²) in [5.74, 6) is -1.80. The minimum absolute atomic E-state index is 0.123. The summed E-state index contributed by atoms with van der Waals surface area (Å²) >= 11 is 0. The third kappa shape index (κ3) is 2.70. The predicted molar refractivity (Wildman–Crippen MR) is 89.1 cm³/mol. The summed E-state index contributed by atoms with van der Waals surface area (Å²) < 4.78 is 5.27. The normalized spacial score (nSPS) is 13.6. The van der Waals surface area contributed by atoms with E-state index < -0.39 is 23.4 Å². The van der Waals surface area contributed by atoms with Crippen LogP contribution in [0, 0.1) is 0 Å². The molecule has 3 aromatic rings. The summed E-state index contributed by atoms with van der Waals surface area (Å²) in [7, 11) is 0. The van der Waals surface area contributed by atoms with Gasteiger partial charge < -0.3 is 14.6 Å². The van der Waals surface area contributed by atoms with Crippen molar-refractivity contribution >= 4 is 16.8 Å². The van der Waals surface area contributed by atoms with Crippen molar-refractivity contribution in [3.8, 4) is 5.75 Å². The summed E-state index contributed by atoms with van der Waals surface area (Å²) in [6, 6.07) is 15.2. The van der Waals surface area contributed by atoms with Crippen molar-refractivity contribution in [1.29, 1.82) is 0 Å². The Hall–Kier alpha value is -2.92. The molecule has 5 nitrogen and oxygen atoms in total. The Balaban J connectivity index is 2.31. The largest absolute Gasteiger partial charge is 0.507 e. The highest BCUT2D eigenvalue weighted by atomic mass is 16.4. The van der Waals surface area contributed by atoms with Crippen molar-refractivity contribution in [3.63, 3.8) is 0 Å². The van der Waals surface area contributed by atoms with Crippen molar-refractivity contribution in [3.05, 3.63) is 76.1 Å². The molecule has 0 bridgehead atoms. The SMILES string of the molecule is CC(=O)[C@@H](O)[C@H](c1ccccc1)c1c(O)c2ccccc2oc1=O. The number of rotatable bonds is 4. The molecule has 122 valence electrons. The molecule has 0 fully saturated rings. The van der Waals surface area contributed by atoms with E-state index in [1.807, 2.05) is 0 Å². The fourth-order valence-corrected chi connectivity index (χ4v) is 2.82. The highest BCUT2D eigenvalue weighted by molar-refractivity contribution is 5.86. The topological polar surface area (TPSA) is 87.7 Å². The lowest BCUT2D eigenvalue weighted by atomic mass is 9.85. The average molecular weight is 324 g/mol. The number of aliphatic hydroxyl groups is 1. The van der Waals surface area contributed by atoms with Gasteiger partial charge in [0.15, 0.2) is 5.78 Å². The number of benzene rings is 2. The molecule has 5 heteroatoms. The second kappa shape index (κ2) is 6.29. The van der Waals surface area contributed by atoms with Crippen molar-refractivity contribution in [2.45, 2.75) is 18.9 Å². The van der Waals surface area contributed by atoms with E-state index in [1.54, 1.807) is 54.6 Å². The second-order valence-electron chi connectivity index (χ2n) is 5.59. The Morgan fingerprint density at radius 2 is 1.67 bits per heavy atom. The Morgan fingerprint density at radius 1 is 1.04 bits per heavy atom. The summed E-state index contributed by atoms with van der Waals surface area (Å²) in [4.78, 5) is 24.2. The molecule has 0 unspecified atom stereocenters. The van der Waals surface area contributed by atoms with Crippen LogP contribution in [0.5, 0.6) is 5.75 Å². The van der Waals surface area contributed by atoms with Crippen LogP contribution >= 0.6 is 0 Å². The molecule has 1 aromatic heterocycles. The number of aromatic hydroxyl groups is 1. The van der Waals surface area contributed by atoms with E-state index in [2.05, 4.69) is 0 Å². The Labute approximate surface area is 137 Å². The van der Waals surface area contributed by atoms with Gasteiger partial charge in [0.2, 0.25) is 0 Å². The molecule has 0 radical (unpaired) electrons. The Morgan fingerprint density at radius 3 is 2.33 bits per heavy atom. The molecule has 0 saturated heterocycles. The molecule has 0 saturated carbocycles. The fourth-order valence-electron chi connectivity index (χ4n) is 2.82. The van der Waals surface area contributed by atoms with E-state index in [9.17, 15) is 19.8 Å². The van der Waals surface area contributed by atoms with Crippen LogP contribution in [0.25, 0.3) is 11.0 Å². The number of ketones is 1. The van der Waals surface area contributed by atoms with Crippen LogP contribution in [0.3, 0.4) is 0 Å². The first kappa shape index (κ1) is 16.0. The van der Waals surface area contributed by atoms with Gasteiger partial charge in [0.1, 0.15) is 17.4 Å². The standard InChI is InChI=1S/C19H16O5/c1-11(20)17(21)15(12-7-3-2-4-8-12)16-18(22)13-9-5-6-10-14(13)24-19(16)23/h2-10,15,17,21-22H,1H3/t15-,17-/m1/s1. The second-order valence-corrected chi connectivity index (χ2v) is 5.59. The van der Waals surface area contributed by atoms with Crippen LogP contribution in [0.4, 0.5) is 0 Å². The zero-order valence-electron chi connectivity index (χ0n) is 13.0. The van der Waals surface area contributed by atoms with E-state index >= 15 is 0 Å². The molecule has 2 atom stereocenters. The summed E-state index contributed by atoms with van der Waals surface area (Å²) in [6.07, 6.45) is -1.47. The van der Waals surface area contributed by atoms with Gasteiger partial charge in [-0.3, -0.25) is 4.79 Å². The van der Waals surface area contributed by atoms with Crippen LogP contribution in [0.2, 0.25) is 0 Å². The lowest BCUT2D eigenvalue weighted by Crippen LogP contribution is -2.30. The minimum Gasteiger partial charge on any atom is -0.507 e. The van der Waals surface area contributed by atoms with E-state index in [0.29, 0.717) is 10.9 Å². The number of Topliss-reactive ketones (excluding diaryl/α,β-unsaturated/α-hetero) is 1. The maximum atomic E-state index is 12.4. The van der Waals surface area contributed by atoms with Crippen molar-refractivity contribution in [2.75, 3.05) is 0 Å². The lowest BCUT2D eigenvalue weighted by molar-refractivity contribution is -0.125. The summed E-state index contributed by atoms with van der Waals surface area (Å²) in [6.45, 7) is 1.24. The lowest BCUT2D eigenvalue weighted by Gasteiger charge is -2.22. The van der Waals surface area contributed by atoms with E-state index in [-0.39, 0.29) is 16.9 Å². The number of carbonyl (C=O) groups is 1. The smallest absolute Gasteiger partial charge is 0.343 e. The maximum Gasteiger partial charge on any atom is 0.343 e. The van der Waals surface area contributed by atoms with Gasteiger partial charge in [-0.25, -0.2) is 4.79 Å². The van der Waals surface area contributed by atoms with E-state index in [1.165, 1.54) is 6.92 Å². The van der Waals surface area contributed by atoms with Crippen LogP contribution in [-0.2, 0) is 4.79 Å². The zero-order chi connectivity index (χ0) is 17.3. The monoisotopic (exact) mass is 324 g/mol. The molecule has 1 heterocycles. The molecular weight excluding hydrogens is 308 g/mol. The summed E-state index contributed by atoms with van der Waals surface area (Å²) in [5, 5.41) is 21.3. The number of para-hydroxylation sites is 1. The third-order valence-corrected chi connectivity index (χ3v) is 4.02. The van der Waals surface area contributed by atoms with Crippen molar-refractivity contribution in [2.24, 2.45) is 0 Å². The Kier molecular flexibility index (Phi) is 4.18. The summed E-state index contributed by atoms with van der Waals surface area (Å²) in [5.41, 5.74) is -0.117. The van der Waals surface area contributed by atoms with Gasteiger partial charge in [-0.05, 0) is 24.6 Å². The van der Waals surface area contributed by atoms with Crippen molar-refractivity contribution in [1.82, 2.24) is 0 Å². The molecule has 0 amide bonds. The quantitative estimate of drug-likeness (QED) is 0.720. The molecule has 0 spiro atoms. The molecule has 24 heavy (non-hydrogen) atoms. The number of hydrogen-bond donors (Lipinski definition) is 2. The van der Waals surface area contributed by atoms with Gasteiger partial charge in [-0.1, -0.05) is 42.5 Å². The molecule has 2 aromatic carbocycles. The molecule has 0 aliphatic heterocycles. The first-order valence-corrected chi connectivity index (χ1v) is 7.49. The molecule has 0 aliphatic rings. The zero-order valence-corrected chi connectivity index (χ0v) is 13.0. The van der Waals surface area contributed by atoms with Crippen LogP contribution in [0.1, 0.15) is 24.0 Å². The van der Waals surface area contributed by atoms with Gasteiger partial charge in [0, 0.05) is 0 Å². The van der Waals surface area contributed by atoms with Gasteiger partial charge in [0.25, 0.3) is 0 Å². The number of carbonyl (C=O) groups excluding carboxylic acids is 1. The number of fused-ring (bicyclic) bond motifs is 1. The highest BCUT2D eigenvalue weighted by Crippen LogP contribution is 2.36.